The van der Waals surface area contributed by atoms with Gasteiger partial charge in [0.25, 0.3) is 5.69 Å². The topological polar surface area (TPSA) is 63.4 Å². The van der Waals surface area contributed by atoms with E-state index in [4.69, 9.17) is 16.7 Å². The molecule has 0 saturated carbocycles. The predicted octanol–water partition coefficient (Wildman–Crippen LogP) is 2.72. The van der Waals surface area contributed by atoms with Gasteiger partial charge in [-0.1, -0.05) is 11.6 Å². The van der Waals surface area contributed by atoms with E-state index in [9.17, 15) is 10.1 Å². The Bertz CT molecular complexity index is 370. The number of nitrogens with zero attached hydrogens (tertiary/aromatic N) is 1. The van der Waals surface area contributed by atoms with Crippen LogP contribution in [-0.2, 0) is 0 Å². The van der Waals surface area contributed by atoms with Gasteiger partial charge < -0.3 is 5.11 Å². The van der Waals surface area contributed by atoms with E-state index in [0.29, 0.717) is 15.7 Å². The molecule has 0 aliphatic carbocycles. The third-order valence-corrected chi connectivity index (χ3v) is 3.14. The maximum Gasteiger partial charge on any atom is 0.284 e. The highest BCUT2D eigenvalue weighted by Gasteiger charge is 2.14. The lowest BCUT2D eigenvalue weighted by atomic mass is 10.3. The second-order valence-corrected chi connectivity index (χ2v) is 4.53. The molecule has 1 aromatic carbocycles. The van der Waals surface area contributed by atoms with Crippen LogP contribution in [0.15, 0.2) is 23.1 Å². The van der Waals surface area contributed by atoms with E-state index in [1.165, 1.54) is 17.8 Å². The Morgan fingerprint density at radius 2 is 2.33 bits per heavy atom. The highest BCUT2D eigenvalue weighted by atomic mass is 35.5. The van der Waals surface area contributed by atoms with E-state index in [1.54, 1.807) is 19.1 Å². The molecule has 1 unspecified atom stereocenters. The zero-order chi connectivity index (χ0) is 11.4. The van der Waals surface area contributed by atoms with Crippen LogP contribution in [0.1, 0.15) is 6.92 Å². The summed E-state index contributed by atoms with van der Waals surface area (Å²) in [4.78, 5) is 10.7. The molecular weight excluding hydrogens is 238 g/mol. The lowest BCUT2D eigenvalue weighted by molar-refractivity contribution is -0.387. The molecule has 0 aliphatic rings. The third kappa shape index (κ3) is 3.70. The van der Waals surface area contributed by atoms with Crippen LogP contribution in [0.25, 0.3) is 0 Å². The van der Waals surface area contributed by atoms with Crippen molar-refractivity contribution in [3.05, 3.63) is 33.3 Å². The highest BCUT2D eigenvalue weighted by molar-refractivity contribution is 7.99. The molecule has 0 heterocycles. The zero-order valence-electron chi connectivity index (χ0n) is 8.01. The maximum absolute atomic E-state index is 10.7. The van der Waals surface area contributed by atoms with Crippen LogP contribution in [0.4, 0.5) is 5.69 Å². The van der Waals surface area contributed by atoms with Crippen LogP contribution < -0.4 is 0 Å². The van der Waals surface area contributed by atoms with Gasteiger partial charge in [0.05, 0.1) is 15.9 Å². The number of rotatable bonds is 4. The van der Waals surface area contributed by atoms with Gasteiger partial charge in [-0.05, 0) is 19.1 Å². The quantitative estimate of drug-likeness (QED) is 0.505. The Kier molecular flexibility index (Phi) is 4.38. The van der Waals surface area contributed by atoms with Gasteiger partial charge >= 0.3 is 0 Å². The molecule has 15 heavy (non-hydrogen) atoms. The van der Waals surface area contributed by atoms with Crippen LogP contribution in [0.5, 0.6) is 0 Å². The Morgan fingerprint density at radius 1 is 1.67 bits per heavy atom. The van der Waals surface area contributed by atoms with E-state index < -0.39 is 11.0 Å². The molecular formula is C9H10ClNO3S. The van der Waals surface area contributed by atoms with Crippen LogP contribution in [0.2, 0.25) is 5.02 Å². The SMILES string of the molecule is CC(O)CSc1ccc(Cl)cc1[N+](=O)[O-]. The number of hydrogen-bond acceptors (Lipinski definition) is 4. The Balaban J connectivity index is 2.91. The van der Waals surface area contributed by atoms with E-state index in [-0.39, 0.29) is 5.69 Å². The molecule has 6 heteroatoms. The lowest BCUT2D eigenvalue weighted by Crippen LogP contribution is -2.03. The van der Waals surface area contributed by atoms with Crippen LogP contribution in [0, 0.1) is 10.1 Å². The minimum atomic E-state index is -0.495. The molecule has 0 bridgehead atoms. The van der Waals surface area contributed by atoms with Crippen molar-refractivity contribution in [3.63, 3.8) is 0 Å². The number of hydrogen-bond donors (Lipinski definition) is 1. The first kappa shape index (κ1) is 12.3. The summed E-state index contributed by atoms with van der Waals surface area (Å²) in [5.41, 5.74) is -0.0202. The first-order valence-corrected chi connectivity index (χ1v) is 5.62. The highest BCUT2D eigenvalue weighted by Crippen LogP contribution is 2.31. The summed E-state index contributed by atoms with van der Waals surface area (Å²) < 4.78 is 0. The summed E-state index contributed by atoms with van der Waals surface area (Å²) in [5.74, 6) is 0.419. The number of thioether (sulfide) groups is 1. The number of nitro groups is 1. The molecule has 0 spiro atoms. The fraction of sp³-hybridized carbons (Fsp3) is 0.333. The van der Waals surface area contributed by atoms with Crippen molar-refractivity contribution < 1.29 is 10.0 Å². The van der Waals surface area contributed by atoms with Gasteiger partial charge in [-0.15, -0.1) is 11.8 Å². The fourth-order valence-electron chi connectivity index (χ4n) is 0.966. The van der Waals surface area contributed by atoms with Crippen LogP contribution in [0.3, 0.4) is 0 Å². The molecule has 1 atom stereocenters. The molecule has 0 aromatic heterocycles. The van der Waals surface area contributed by atoms with Crippen molar-refractivity contribution in [2.24, 2.45) is 0 Å². The largest absolute Gasteiger partial charge is 0.393 e. The van der Waals surface area contributed by atoms with Gasteiger partial charge in [0, 0.05) is 16.8 Å². The minimum Gasteiger partial charge on any atom is -0.393 e. The maximum atomic E-state index is 10.7. The van der Waals surface area contributed by atoms with E-state index in [1.807, 2.05) is 0 Å². The second kappa shape index (κ2) is 5.34. The Morgan fingerprint density at radius 3 is 2.87 bits per heavy atom. The lowest BCUT2D eigenvalue weighted by Gasteiger charge is -2.04. The van der Waals surface area contributed by atoms with Crippen LogP contribution in [-0.4, -0.2) is 21.9 Å². The van der Waals surface area contributed by atoms with Gasteiger partial charge in [0.15, 0.2) is 0 Å². The summed E-state index contributed by atoms with van der Waals surface area (Å²) >= 11 is 6.90. The fourth-order valence-corrected chi connectivity index (χ4v) is 2.00. The van der Waals surface area contributed by atoms with Crippen molar-refractivity contribution in [1.29, 1.82) is 0 Å². The zero-order valence-corrected chi connectivity index (χ0v) is 9.59. The minimum absolute atomic E-state index is 0.0202. The normalized spacial score (nSPS) is 12.5. The first-order valence-electron chi connectivity index (χ1n) is 4.25. The smallest absolute Gasteiger partial charge is 0.284 e. The van der Waals surface area contributed by atoms with E-state index in [0.717, 1.165) is 0 Å². The monoisotopic (exact) mass is 247 g/mol. The average molecular weight is 248 g/mol. The standard InChI is InChI=1S/C9H10ClNO3S/c1-6(12)5-15-9-3-2-7(10)4-8(9)11(13)14/h2-4,6,12H,5H2,1H3. The summed E-state index contributed by atoms with van der Waals surface area (Å²) in [6.45, 7) is 1.63. The van der Waals surface area contributed by atoms with Gasteiger partial charge in [-0.25, -0.2) is 0 Å². The van der Waals surface area contributed by atoms with Gasteiger partial charge in [-0.3, -0.25) is 10.1 Å². The molecule has 0 fully saturated rings. The average Bonchev–Trinajstić information content (AvgIpc) is 2.15. The molecule has 0 radical (unpaired) electrons. The number of nitro benzene ring substituents is 1. The summed E-state index contributed by atoms with van der Waals surface area (Å²) in [6.07, 6.45) is -0.495. The van der Waals surface area contributed by atoms with Crippen molar-refractivity contribution in [2.75, 3.05) is 5.75 Å². The van der Waals surface area contributed by atoms with Crippen LogP contribution >= 0.6 is 23.4 Å². The molecule has 1 aromatic rings. The Labute approximate surface area is 96.4 Å². The number of benzene rings is 1. The summed E-state index contributed by atoms with van der Waals surface area (Å²) in [6, 6.07) is 4.50. The number of aliphatic hydroxyl groups is 1. The molecule has 1 rings (SSSR count). The third-order valence-electron chi connectivity index (χ3n) is 1.60. The molecule has 0 saturated heterocycles. The molecule has 1 N–H and O–H groups in total. The van der Waals surface area contributed by atoms with E-state index in [2.05, 4.69) is 0 Å². The summed E-state index contributed by atoms with van der Waals surface area (Å²) in [5, 5.41) is 20.1. The second-order valence-electron chi connectivity index (χ2n) is 3.03. The molecule has 4 nitrogen and oxygen atoms in total. The molecule has 0 aliphatic heterocycles. The molecule has 82 valence electrons. The molecule has 0 amide bonds. The van der Waals surface area contributed by atoms with E-state index >= 15 is 0 Å². The van der Waals surface area contributed by atoms with Gasteiger partial charge in [0.2, 0.25) is 0 Å². The first-order chi connectivity index (χ1) is 7.00. The van der Waals surface area contributed by atoms with Crippen molar-refractivity contribution >= 4 is 29.1 Å². The number of halogens is 1. The van der Waals surface area contributed by atoms with Crippen molar-refractivity contribution in [2.45, 2.75) is 17.9 Å². The van der Waals surface area contributed by atoms with Gasteiger partial charge in [-0.2, -0.15) is 0 Å². The summed E-state index contributed by atoms with van der Waals surface area (Å²) in [7, 11) is 0. The van der Waals surface area contributed by atoms with Gasteiger partial charge in [0.1, 0.15) is 0 Å². The van der Waals surface area contributed by atoms with Crippen molar-refractivity contribution in [3.8, 4) is 0 Å². The number of aliphatic hydroxyl groups excluding tert-OH is 1. The predicted molar refractivity (Wildman–Crippen MR) is 60.5 cm³/mol. The Hall–Kier alpha value is -0.780. The van der Waals surface area contributed by atoms with Crippen molar-refractivity contribution in [1.82, 2.24) is 0 Å².